The summed E-state index contributed by atoms with van der Waals surface area (Å²) in [6.07, 6.45) is 2.69. The van der Waals surface area contributed by atoms with Crippen molar-refractivity contribution in [3.63, 3.8) is 0 Å². The first-order valence-corrected chi connectivity index (χ1v) is 4.89. The molecular weight excluding hydrogens is 164 g/mol. The average Bonchev–Trinajstić information content (AvgIpc) is 2.14. The van der Waals surface area contributed by atoms with Gasteiger partial charge in [0.25, 0.3) is 0 Å². The Morgan fingerprint density at radius 1 is 1.46 bits per heavy atom. The molecule has 0 heterocycles. The van der Waals surface area contributed by atoms with Crippen LogP contribution in [0, 0.1) is 5.21 Å². The van der Waals surface area contributed by atoms with E-state index in [0.29, 0.717) is 0 Å². The Morgan fingerprint density at radius 3 is 2.15 bits per heavy atom. The summed E-state index contributed by atoms with van der Waals surface area (Å²) in [5.74, 6) is 0. The molecule has 0 spiro atoms. The third-order valence-corrected chi connectivity index (χ3v) is 2.95. The fourth-order valence-corrected chi connectivity index (χ4v) is 1.51. The molecule has 0 aromatic carbocycles. The summed E-state index contributed by atoms with van der Waals surface area (Å²) in [5.41, 5.74) is -0.0991. The first-order chi connectivity index (χ1) is 6.01. The van der Waals surface area contributed by atoms with Gasteiger partial charge in [0.2, 0.25) is 0 Å². The van der Waals surface area contributed by atoms with Crippen LogP contribution in [0.25, 0.3) is 0 Å². The number of aliphatic imine (C=N–C) groups is 1. The lowest BCUT2D eigenvalue weighted by Crippen LogP contribution is -2.35. The molecule has 0 bridgehead atoms. The van der Waals surface area contributed by atoms with E-state index in [-0.39, 0.29) is 11.6 Å². The number of hydrogen-bond acceptors (Lipinski definition) is 3. The number of hydroxylamine groups is 2. The maximum atomic E-state index is 11.0. The molecule has 0 saturated carbocycles. The van der Waals surface area contributed by atoms with Crippen LogP contribution in [0.4, 0.5) is 0 Å². The maximum Gasteiger partial charge on any atom is 0.0610 e. The Morgan fingerprint density at radius 2 is 1.92 bits per heavy atom. The lowest BCUT2D eigenvalue weighted by atomic mass is 9.87. The molecule has 78 valence electrons. The smallest absolute Gasteiger partial charge is 0.0610 e. The quantitative estimate of drug-likeness (QED) is 0.471. The van der Waals surface area contributed by atoms with Gasteiger partial charge >= 0.3 is 0 Å². The van der Waals surface area contributed by atoms with Crippen molar-refractivity contribution in [1.29, 1.82) is 0 Å². The van der Waals surface area contributed by atoms with E-state index in [1.54, 1.807) is 7.05 Å². The molecular formula is C10H21N2O-. The van der Waals surface area contributed by atoms with E-state index in [1.807, 2.05) is 6.92 Å². The summed E-state index contributed by atoms with van der Waals surface area (Å²) in [6, 6.07) is 0.0189. The second-order valence-electron chi connectivity index (χ2n) is 3.69. The minimum absolute atomic E-state index is 0.0189. The Hall–Kier alpha value is -0.410. The van der Waals surface area contributed by atoms with E-state index < -0.39 is 0 Å². The van der Waals surface area contributed by atoms with Crippen molar-refractivity contribution in [2.24, 2.45) is 4.99 Å². The van der Waals surface area contributed by atoms with Gasteiger partial charge in [-0.1, -0.05) is 20.8 Å². The van der Waals surface area contributed by atoms with Gasteiger partial charge in [-0.05, 0) is 39.1 Å². The van der Waals surface area contributed by atoms with Crippen LogP contribution in [-0.4, -0.2) is 30.4 Å². The second kappa shape index (κ2) is 5.35. The second-order valence-corrected chi connectivity index (χ2v) is 3.69. The van der Waals surface area contributed by atoms with Crippen LogP contribution in [0.2, 0.25) is 0 Å². The third kappa shape index (κ3) is 3.44. The standard InChI is InChI=1S/C10H21N2O/c1-6-10(7-2,11-4)8-9(3)12(5)13/h9H,4,6-8H2,1-3,5H3/q-1/t9-/m1/s1. The molecule has 13 heavy (non-hydrogen) atoms. The van der Waals surface area contributed by atoms with Gasteiger partial charge in [-0.2, -0.15) is 0 Å². The van der Waals surface area contributed by atoms with E-state index in [4.69, 9.17) is 0 Å². The van der Waals surface area contributed by atoms with Crippen LogP contribution in [0.3, 0.4) is 0 Å². The predicted molar refractivity (Wildman–Crippen MR) is 58.1 cm³/mol. The Balaban J connectivity index is 4.32. The van der Waals surface area contributed by atoms with Crippen molar-refractivity contribution < 1.29 is 0 Å². The van der Waals surface area contributed by atoms with Crippen LogP contribution < -0.4 is 0 Å². The maximum absolute atomic E-state index is 11.0. The molecule has 0 unspecified atom stereocenters. The summed E-state index contributed by atoms with van der Waals surface area (Å²) in [7, 11) is 1.56. The van der Waals surface area contributed by atoms with Crippen molar-refractivity contribution >= 4 is 6.72 Å². The molecule has 3 nitrogen and oxygen atoms in total. The van der Waals surface area contributed by atoms with Crippen LogP contribution in [0.5, 0.6) is 0 Å². The number of hydrogen-bond donors (Lipinski definition) is 0. The Labute approximate surface area is 81.4 Å². The fourth-order valence-electron chi connectivity index (χ4n) is 1.51. The van der Waals surface area contributed by atoms with Crippen LogP contribution >= 0.6 is 0 Å². The summed E-state index contributed by atoms with van der Waals surface area (Å²) < 4.78 is 0. The molecule has 0 aliphatic carbocycles. The first kappa shape index (κ1) is 12.6. The van der Waals surface area contributed by atoms with Gasteiger partial charge in [0.05, 0.1) is 5.54 Å². The lowest BCUT2D eigenvalue weighted by molar-refractivity contribution is 0.252. The van der Waals surface area contributed by atoms with Gasteiger partial charge in [0.15, 0.2) is 0 Å². The van der Waals surface area contributed by atoms with E-state index in [2.05, 4.69) is 25.6 Å². The highest BCUT2D eigenvalue weighted by Crippen LogP contribution is 2.26. The van der Waals surface area contributed by atoms with Gasteiger partial charge in [-0.25, -0.2) is 0 Å². The summed E-state index contributed by atoms with van der Waals surface area (Å²) in [6.45, 7) is 9.73. The molecule has 0 saturated heterocycles. The highest BCUT2D eigenvalue weighted by Gasteiger charge is 2.25. The van der Waals surface area contributed by atoms with Gasteiger partial charge < -0.3 is 10.3 Å². The van der Waals surface area contributed by atoms with E-state index >= 15 is 0 Å². The topological polar surface area (TPSA) is 38.7 Å². The zero-order valence-electron chi connectivity index (χ0n) is 9.21. The molecule has 0 aliphatic rings. The normalized spacial score (nSPS) is 14.6. The van der Waals surface area contributed by atoms with Crippen LogP contribution in [-0.2, 0) is 0 Å². The van der Waals surface area contributed by atoms with Gasteiger partial charge in [0.1, 0.15) is 0 Å². The zero-order chi connectivity index (χ0) is 10.5. The molecule has 0 aliphatic heterocycles. The van der Waals surface area contributed by atoms with Crippen molar-refractivity contribution in [1.82, 2.24) is 5.06 Å². The van der Waals surface area contributed by atoms with E-state index in [0.717, 1.165) is 24.3 Å². The lowest BCUT2D eigenvalue weighted by Gasteiger charge is -2.37. The SMILES string of the molecule is C=NC(CC)(CC)C[C@@H](C)N(C)[O-]. The Kier molecular flexibility index (Phi) is 5.18. The van der Waals surface area contributed by atoms with Crippen molar-refractivity contribution in [3.05, 3.63) is 5.21 Å². The van der Waals surface area contributed by atoms with E-state index in [9.17, 15) is 5.21 Å². The molecule has 0 N–H and O–H groups in total. The van der Waals surface area contributed by atoms with Gasteiger partial charge in [-0.3, -0.25) is 4.99 Å². The van der Waals surface area contributed by atoms with Crippen molar-refractivity contribution in [2.45, 2.75) is 51.6 Å². The van der Waals surface area contributed by atoms with Gasteiger partial charge in [0, 0.05) is 0 Å². The molecule has 0 aromatic rings. The fraction of sp³-hybridized carbons (Fsp3) is 0.900. The molecule has 0 amide bonds. The highest BCUT2D eigenvalue weighted by atomic mass is 16.5. The monoisotopic (exact) mass is 185 g/mol. The molecule has 0 aromatic heterocycles. The van der Waals surface area contributed by atoms with Gasteiger partial charge in [-0.15, -0.1) is 0 Å². The minimum atomic E-state index is -0.0991. The minimum Gasteiger partial charge on any atom is -0.785 e. The third-order valence-electron chi connectivity index (χ3n) is 2.95. The van der Waals surface area contributed by atoms with Crippen LogP contribution in [0.1, 0.15) is 40.0 Å². The zero-order valence-corrected chi connectivity index (χ0v) is 9.21. The average molecular weight is 185 g/mol. The van der Waals surface area contributed by atoms with Crippen molar-refractivity contribution in [2.75, 3.05) is 7.05 Å². The summed E-state index contributed by atoms with van der Waals surface area (Å²) >= 11 is 0. The number of rotatable bonds is 6. The largest absolute Gasteiger partial charge is 0.785 e. The van der Waals surface area contributed by atoms with Crippen LogP contribution in [0.15, 0.2) is 4.99 Å². The molecule has 0 fully saturated rings. The first-order valence-electron chi connectivity index (χ1n) is 4.89. The predicted octanol–water partition coefficient (Wildman–Crippen LogP) is 2.45. The van der Waals surface area contributed by atoms with E-state index in [1.165, 1.54) is 0 Å². The molecule has 1 atom stereocenters. The molecule has 0 rings (SSSR count). The number of nitrogens with zero attached hydrogens (tertiary/aromatic N) is 2. The van der Waals surface area contributed by atoms with Crippen molar-refractivity contribution in [3.8, 4) is 0 Å². The Bertz CT molecular complexity index is 153. The highest BCUT2D eigenvalue weighted by molar-refractivity contribution is 5.26. The summed E-state index contributed by atoms with van der Waals surface area (Å²) in [5, 5.41) is 12.0. The summed E-state index contributed by atoms with van der Waals surface area (Å²) in [4.78, 5) is 4.16. The molecule has 0 radical (unpaired) electrons. The molecule has 3 heteroatoms.